The van der Waals surface area contributed by atoms with Gasteiger partial charge >= 0.3 is 0 Å². The van der Waals surface area contributed by atoms with Gasteiger partial charge in [0.2, 0.25) is 0 Å². The monoisotopic (exact) mass is 711 g/mol. The predicted octanol–water partition coefficient (Wildman–Crippen LogP) is 14.7. The van der Waals surface area contributed by atoms with Gasteiger partial charge in [0.25, 0.3) is 0 Å². The summed E-state index contributed by atoms with van der Waals surface area (Å²) in [6.45, 7) is 4.45. The zero-order valence-corrected chi connectivity index (χ0v) is 31.5. The molecule has 9 rings (SSSR count). The van der Waals surface area contributed by atoms with Crippen molar-refractivity contribution in [3.05, 3.63) is 187 Å². The Hall–Kier alpha value is -6.58. The minimum Gasteiger partial charge on any atom is -0.355 e. The normalized spacial score (nSPS) is 11.4. The summed E-state index contributed by atoms with van der Waals surface area (Å²) < 4.78 is 2.40. The molecule has 9 aromatic rings. The number of anilines is 4. The number of nitrogens with one attached hydrogen (secondary N) is 2. The van der Waals surface area contributed by atoms with Gasteiger partial charge in [0, 0.05) is 44.6 Å². The van der Waals surface area contributed by atoms with E-state index < -0.39 is 0 Å². The van der Waals surface area contributed by atoms with Crippen molar-refractivity contribution in [1.82, 2.24) is 4.57 Å². The Morgan fingerprint density at radius 3 is 1.51 bits per heavy atom. The first-order chi connectivity index (χ1) is 27.1. The van der Waals surface area contributed by atoms with Crippen LogP contribution in [0.3, 0.4) is 0 Å². The van der Waals surface area contributed by atoms with Crippen LogP contribution in [-0.2, 0) is 12.8 Å². The summed E-state index contributed by atoms with van der Waals surface area (Å²) >= 11 is 0. The Morgan fingerprint density at radius 2 is 0.927 bits per heavy atom. The minimum absolute atomic E-state index is 1.05. The number of nitrogens with zero attached hydrogens (tertiary/aromatic N) is 1. The van der Waals surface area contributed by atoms with Gasteiger partial charge in [-0.15, -0.1) is 0 Å². The molecule has 0 unspecified atom stereocenters. The van der Waals surface area contributed by atoms with E-state index in [-0.39, 0.29) is 0 Å². The molecule has 0 saturated heterocycles. The molecular formula is C52H45N3. The Balaban J connectivity index is 1.05. The molecule has 0 aliphatic carbocycles. The van der Waals surface area contributed by atoms with Crippen LogP contribution in [0.4, 0.5) is 22.7 Å². The summed E-state index contributed by atoms with van der Waals surface area (Å²) in [4.78, 5) is 0. The first-order valence-corrected chi connectivity index (χ1v) is 19.6. The van der Waals surface area contributed by atoms with Crippen molar-refractivity contribution >= 4 is 55.3 Å². The highest BCUT2D eigenvalue weighted by atomic mass is 15.0. The summed E-state index contributed by atoms with van der Waals surface area (Å²) in [7, 11) is 0. The molecule has 1 aromatic heterocycles. The van der Waals surface area contributed by atoms with Crippen LogP contribution in [0.2, 0.25) is 0 Å². The molecule has 3 nitrogen and oxygen atoms in total. The average Bonchev–Trinajstić information content (AvgIpc) is 3.57. The second kappa shape index (κ2) is 15.0. The largest absolute Gasteiger partial charge is 0.355 e. The van der Waals surface area contributed by atoms with Crippen molar-refractivity contribution in [2.24, 2.45) is 0 Å². The van der Waals surface area contributed by atoms with E-state index in [4.69, 9.17) is 0 Å². The van der Waals surface area contributed by atoms with Gasteiger partial charge in [-0.05, 0) is 112 Å². The van der Waals surface area contributed by atoms with Crippen molar-refractivity contribution in [3.63, 3.8) is 0 Å². The highest BCUT2D eigenvalue weighted by Crippen LogP contribution is 2.40. The topological polar surface area (TPSA) is 29.0 Å². The highest BCUT2D eigenvalue weighted by molar-refractivity contribution is 6.23. The number of para-hydroxylation sites is 1. The standard InChI is InChI=1S/C52H45N3/c1-3-9-36-15-19-38(20-16-36)40-23-27-42(28-24-40)53-44-31-32-48-51(35-44)55(45-11-6-5-7-12-45)50-34-33-46-47(52(48)50)13-8-14-49(46)54-43-29-25-41(26-30-43)39-21-17-37(10-4-2)18-22-39/h5-8,11-35,53-54H,3-4,9-10H2,1-2H3. The van der Waals surface area contributed by atoms with Crippen molar-refractivity contribution < 1.29 is 0 Å². The molecule has 0 bridgehead atoms. The van der Waals surface area contributed by atoms with Crippen molar-refractivity contribution in [1.29, 1.82) is 0 Å². The highest BCUT2D eigenvalue weighted by Gasteiger charge is 2.17. The average molecular weight is 712 g/mol. The molecule has 1 heterocycles. The lowest BCUT2D eigenvalue weighted by Gasteiger charge is -2.12. The molecule has 8 aromatic carbocycles. The minimum atomic E-state index is 1.05. The van der Waals surface area contributed by atoms with Gasteiger partial charge in [0.15, 0.2) is 0 Å². The number of aromatic nitrogens is 1. The van der Waals surface area contributed by atoms with Gasteiger partial charge in [-0.3, -0.25) is 0 Å². The van der Waals surface area contributed by atoms with Crippen molar-refractivity contribution in [2.45, 2.75) is 39.5 Å². The molecule has 0 aliphatic heterocycles. The van der Waals surface area contributed by atoms with Gasteiger partial charge < -0.3 is 15.2 Å². The molecule has 0 radical (unpaired) electrons. The molecule has 0 atom stereocenters. The number of rotatable bonds is 11. The second-order valence-electron chi connectivity index (χ2n) is 14.6. The fourth-order valence-corrected chi connectivity index (χ4v) is 8.03. The number of hydrogen-bond acceptors (Lipinski definition) is 2. The fraction of sp³-hybridized carbons (Fsp3) is 0.115. The van der Waals surface area contributed by atoms with E-state index in [0.29, 0.717) is 0 Å². The summed E-state index contributed by atoms with van der Waals surface area (Å²) in [5.41, 5.74) is 15.5. The maximum atomic E-state index is 3.74. The molecule has 0 saturated carbocycles. The SMILES string of the molecule is CCCc1ccc(-c2ccc(Nc3ccc4c5c6cccc(Nc7ccc(-c8ccc(CCC)cc8)cc7)c6ccc5n(-c5ccccc5)c4c3)cc2)cc1. The van der Waals surface area contributed by atoms with E-state index in [2.05, 4.69) is 205 Å². The van der Waals surface area contributed by atoms with Crippen molar-refractivity contribution in [3.8, 4) is 27.9 Å². The first-order valence-electron chi connectivity index (χ1n) is 19.6. The zero-order chi connectivity index (χ0) is 37.1. The Bertz CT molecular complexity index is 2720. The van der Waals surface area contributed by atoms with Gasteiger partial charge in [0.05, 0.1) is 11.0 Å². The number of aryl methyl sites for hydroxylation is 2. The number of hydrogen-bond donors (Lipinski definition) is 2. The van der Waals surface area contributed by atoms with Crippen LogP contribution in [-0.4, -0.2) is 4.57 Å². The lowest BCUT2D eigenvalue weighted by atomic mass is 10.0. The number of benzene rings is 8. The number of fused-ring (bicyclic) bond motifs is 5. The van der Waals surface area contributed by atoms with Gasteiger partial charge in [-0.2, -0.15) is 0 Å². The lowest BCUT2D eigenvalue weighted by Crippen LogP contribution is -1.95. The molecule has 0 fully saturated rings. The van der Waals surface area contributed by atoms with Gasteiger partial charge in [-0.25, -0.2) is 0 Å². The summed E-state index contributed by atoms with van der Waals surface area (Å²) in [5.74, 6) is 0. The van der Waals surface area contributed by atoms with E-state index in [9.17, 15) is 0 Å². The summed E-state index contributed by atoms with van der Waals surface area (Å²) in [5, 5.41) is 12.3. The van der Waals surface area contributed by atoms with Crippen LogP contribution in [0, 0.1) is 0 Å². The molecule has 3 heteroatoms. The first kappa shape index (κ1) is 34.2. The predicted molar refractivity (Wildman–Crippen MR) is 237 cm³/mol. The van der Waals surface area contributed by atoms with E-state index >= 15 is 0 Å². The molecule has 268 valence electrons. The molecule has 0 amide bonds. The smallest absolute Gasteiger partial charge is 0.0561 e. The molecule has 55 heavy (non-hydrogen) atoms. The van der Waals surface area contributed by atoms with Crippen LogP contribution < -0.4 is 10.6 Å². The van der Waals surface area contributed by atoms with E-state index in [1.807, 2.05) is 0 Å². The molecular weight excluding hydrogens is 667 g/mol. The van der Waals surface area contributed by atoms with Gasteiger partial charge in [-0.1, -0.05) is 142 Å². The Morgan fingerprint density at radius 1 is 0.400 bits per heavy atom. The van der Waals surface area contributed by atoms with Crippen LogP contribution in [0.1, 0.15) is 37.8 Å². The molecule has 0 spiro atoms. The van der Waals surface area contributed by atoms with E-state index in [1.54, 1.807) is 0 Å². The Labute approximate surface area is 323 Å². The Kier molecular flexibility index (Phi) is 9.35. The molecule has 0 aliphatic rings. The zero-order valence-electron chi connectivity index (χ0n) is 31.5. The maximum absolute atomic E-state index is 3.74. The second-order valence-corrected chi connectivity index (χ2v) is 14.6. The van der Waals surface area contributed by atoms with Crippen molar-refractivity contribution in [2.75, 3.05) is 10.6 Å². The van der Waals surface area contributed by atoms with Crippen LogP contribution >= 0.6 is 0 Å². The summed E-state index contributed by atoms with van der Waals surface area (Å²) in [6.07, 6.45) is 4.57. The molecule has 2 N–H and O–H groups in total. The third-order valence-corrected chi connectivity index (χ3v) is 10.8. The lowest BCUT2D eigenvalue weighted by molar-refractivity contribution is 0.922. The quantitative estimate of drug-likeness (QED) is 0.140. The van der Waals surface area contributed by atoms with E-state index in [1.165, 1.54) is 72.4 Å². The maximum Gasteiger partial charge on any atom is 0.0561 e. The van der Waals surface area contributed by atoms with Gasteiger partial charge in [0.1, 0.15) is 0 Å². The third-order valence-electron chi connectivity index (χ3n) is 10.8. The summed E-state index contributed by atoms with van der Waals surface area (Å²) in [6, 6.07) is 64.1. The van der Waals surface area contributed by atoms with Crippen LogP contribution in [0.5, 0.6) is 0 Å². The van der Waals surface area contributed by atoms with Crippen LogP contribution in [0.15, 0.2) is 176 Å². The fourth-order valence-electron chi connectivity index (χ4n) is 8.03. The third kappa shape index (κ3) is 6.86. The van der Waals surface area contributed by atoms with Crippen LogP contribution in [0.25, 0.3) is 60.5 Å². The van der Waals surface area contributed by atoms with E-state index in [0.717, 1.165) is 47.7 Å².